The van der Waals surface area contributed by atoms with Gasteiger partial charge in [-0.1, -0.05) is 38.0 Å². The number of allylic oxidation sites excluding steroid dienone is 15. The Hall–Kier alpha value is -11.4. The van der Waals surface area contributed by atoms with Crippen LogP contribution in [0, 0.1) is 41.5 Å². The first-order valence-corrected chi connectivity index (χ1v) is 45.9. The van der Waals surface area contributed by atoms with Gasteiger partial charge in [0.1, 0.15) is 0 Å². The van der Waals surface area contributed by atoms with Crippen LogP contribution in [-0.2, 0) is 82.2 Å². The fourth-order valence-electron chi connectivity index (χ4n) is 17.9. The van der Waals surface area contributed by atoms with Gasteiger partial charge in [0, 0.05) is 136 Å². The van der Waals surface area contributed by atoms with E-state index in [-0.39, 0.29) is 129 Å². The summed E-state index contributed by atoms with van der Waals surface area (Å²) in [4.78, 5) is 119. The molecule has 15 rings (SSSR count). The summed E-state index contributed by atoms with van der Waals surface area (Å²) < 4.78 is 0. The van der Waals surface area contributed by atoms with E-state index < -0.39 is 51.9 Å². The number of alkyl halides is 6. The van der Waals surface area contributed by atoms with Crippen LogP contribution in [-0.4, -0.2) is 113 Å². The number of hydrogen-bond donors (Lipinski definition) is 6. The van der Waals surface area contributed by atoms with Gasteiger partial charge in [-0.3, -0.25) is 0 Å². The molecule has 0 saturated heterocycles. The van der Waals surface area contributed by atoms with Crippen LogP contribution in [0.4, 0.5) is 0 Å². The Morgan fingerprint density at radius 3 is 0.672 bits per heavy atom. The molecule has 24 nitrogen and oxygen atoms in total. The molecule has 3 unspecified atom stereocenters. The smallest absolute Gasteiger partial charge is 0.550 e. The second-order valence-corrected chi connectivity index (χ2v) is 35.8. The van der Waals surface area contributed by atoms with E-state index >= 15 is 0 Å². The molecular weight excluding hydrogens is 1910 g/mol. The van der Waals surface area contributed by atoms with Crippen molar-refractivity contribution >= 4 is 238 Å². The summed E-state index contributed by atoms with van der Waals surface area (Å²) in [5.74, 6) is -6.29. The maximum atomic E-state index is 11.5. The number of aliphatic carboxylic acids is 6. The number of H-pyrrole nitrogens is 6. The summed E-state index contributed by atoms with van der Waals surface area (Å²) in [6.45, 7) is 35.5. The normalized spacial score (nSPS) is 13.7. The molecular formula is C102H96Cl6Mn2N12O12. The number of fused-ring (bicyclic) bond motifs is 24. The van der Waals surface area contributed by atoms with Crippen molar-refractivity contribution in [3.05, 3.63) is 246 Å². The average molecular weight is 2000 g/mol. The standard InChI is InChI=1S/3C34H34Cl2N4O4.2Mn/c3*1-6-20-16(2)26-13-31-34(23(36)15-35)19(5)27(40-31)11-24-17(3)21(7-9-32(41)42)29(38-24)14-30-22(8-10-33(43)44)18(4)25(39-30)12-28(20)37-26;;/h3*6,11-14,23,39-40H,1,7-10,15H2,2-5H3,(H,41,42)(H,43,44);;/q;;;2*+3/p-6. The minimum Gasteiger partial charge on any atom is -0.550 e. The number of carboxylic acids is 6. The van der Waals surface area contributed by atoms with E-state index in [2.05, 4.69) is 49.6 Å². The van der Waals surface area contributed by atoms with Gasteiger partial charge >= 0.3 is 34.1 Å². The van der Waals surface area contributed by atoms with Crippen molar-refractivity contribution in [2.24, 2.45) is 0 Å². The number of carboxylic acid groups (broad SMARTS) is 6. The van der Waals surface area contributed by atoms with Crippen LogP contribution in [0.2, 0.25) is 0 Å². The maximum Gasteiger partial charge on any atom is 3.00 e. The van der Waals surface area contributed by atoms with Crippen LogP contribution in [0.3, 0.4) is 0 Å². The Kier molecular flexibility index (Phi) is 33.5. The predicted molar refractivity (Wildman–Crippen MR) is 518 cm³/mol. The fraction of sp³-hybridized carbons (Fsp3) is 0.294. The molecule has 134 heavy (non-hydrogen) atoms. The third-order valence-electron chi connectivity index (χ3n) is 25.3. The summed E-state index contributed by atoms with van der Waals surface area (Å²) >= 11 is 39.0. The van der Waals surface area contributed by atoms with Gasteiger partial charge in [-0.25, -0.2) is 29.9 Å². The average Bonchev–Trinajstić information content (AvgIpc) is 1.62. The van der Waals surface area contributed by atoms with Crippen LogP contribution in [0.25, 0.3) is 133 Å². The first kappa shape index (κ1) is 103. The molecule has 0 saturated carbocycles. The number of aryl methyl sites for hydroxylation is 9. The molecule has 9 aromatic heterocycles. The molecule has 0 fully saturated rings. The first-order valence-electron chi connectivity index (χ1n) is 42.9. The number of halogens is 6. The second-order valence-electron chi connectivity index (χ2n) is 33.3. The van der Waals surface area contributed by atoms with Gasteiger partial charge in [0.05, 0.1) is 84.5 Å². The zero-order chi connectivity index (χ0) is 95.6. The quantitative estimate of drug-likeness (QED) is 0.0206. The Balaban J connectivity index is 0.000000192. The second kappa shape index (κ2) is 43.5. The van der Waals surface area contributed by atoms with Crippen molar-refractivity contribution in [2.75, 3.05) is 17.6 Å². The van der Waals surface area contributed by atoms with E-state index in [0.29, 0.717) is 67.8 Å². The number of nitrogens with zero attached hydrogens (tertiary/aromatic N) is 6. The molecule has 9 aromatic rings. The molecule has 0 aliphatic carbocycles. The van der Waals surface area contributed by atoms with Crippen molar-refractivity contribution in [1.82, 2.24) is 59.8 Å². The van der Waals surface area contributed by atoms with Gasteiger partial charge in [-0.05, 0) is 350 Å². The van der Waals surface area contributed by atoms with Crippen molar-refractivity contribution in [1.29, 1.82) is 0 Å². The molecule has 692 valence electrons. The molecule has 15 heterocycles. The Morgan fingerprint density at radius 1 is 0.276 bits per heavy atom. The third-order valence-corrected chi connectivity index (χ3v) is 27.9. The predicted octanol–water partition coefficient (Wildman–Crippen LogP) is 17.1. The Bertz CT molecular complexity index is 6520. The summed E-state index contributed by atoms with van der Waals surface area (Å²) in [6.07, 6.45) is 5.71. The van der Waals surface area contributed by atoms with E-state index in [4.69, 9.17) is 99.5 Å². The summed E-state index contributed by atoms with van der Waals surface area (Å²) in [5.41, 5.74) is 37.8. The van der Waals surface area contributed by atoms with Crippen LogP contribution in [0.15, 0.2) is 111 Å². The van der Waals surface area contributed by atoms with Crippen molar-refractivity contribution in [3.63, 3.8) is 0 Å². The van der Waals surface area contributed by atoms with E-state index in [1.54, 1.807) is 18.2 Å². The topological polar surface area (TPSA) is 413 Å². The van der Waals surface area contributed by atoms with Gasteiger partial charge in [0.15, 0.2) is 0 Å². The molecule has 32 heteroatoms. The minimum atomic E-state index is -1.16. The molecule has 0 spiro atoms. The van der Waals surface area contributed by atoms with Crippen molar-refractivity contribution in [2.45, 2.75) is 176 Å². The summed E-state index contributed by atoms with van der Waals surface area (Å²) in [7, 11) is 0. The molecule has 24 bridgehead atoms. The minimum absolute atomic E-state index is 0. The molecule has 0 radical (unpaired) electrons. The number of carbonyl (C=O) groups is 6. The number of hydrogen-bond acceptors (Lipinski definition) is 18. The van der Waals surface area contributed by atoms with Crippen molar-refractivity contribution in [3.8, 4) is 0 Å². The van der Waals surface area contributed by atoms with E-state index in [1.807, 2.05) is 156 Å². The molecule has 6 aliphatic heterocycles. The van der Waals surface area contributed by atoms with E-state index in [9.17, 15) is 59.4 Å². The molecule has 6 N–H and O–H groups in total. The van der Waals surface area contributed by atoms with E-state index in [0.717, 1.165) is 200 Å². The van der Waals surface area contributed by atoms with Crippen LogP contribution >= 0.6 is 69.6 Å². The first-order chi connectivity index (χ1) is 62.8. The third kappa shape index (κ3) is 21.6. The van der Waals surface area contributed by atoms with Gasteiger partial charge in [-0.2, -0.15) is 0 Å². The van der Waals surface area contributed by atoms with Crippen molar-refractivity contribution < 1.29 is 93.5 Å². The van der Waals surface area contributed by atoms with Crippen LogP contribution in [0.1, 0.15) is 251 Å². The SMILES string of the molecule is C=CC1=C(C)c2cc3[nH]c(cc4nc(cc5[nH]c(cc1n2)c(C)c5CCC(=O)[O-])C(CCC(=O)[O-])=C4C)c(C)c3C(Cl)CCl.C=CC1=C(C)c2cc3[nH]c(cc4nc(cc5[nH]c(cc1n2)c(C)c5CCC(=O)[O-])C(CCC(=O)[O-])=C4C)c(C)c3C(Cl)CCl.C=CC1=C(C)c2cc3[nH]c(cc4nc(cc5[nH]c(cc1n2)c(C)c5CCC(=O)[O-])C(CCC(=O)[O-])=C4C)c(C)c3C(Cl)CCl.[Mn+3].[Mn+3]. The van der Waals surface area contributed by atoms with Gasteiger partial charge in [0.25, 0.3) is 0 Å². The molecule has 0 amide bonds. The zero-order valence-corrected chi connectivity index (χ0v) is 82.6. The monoisotopic (exact) mass is 2000 g/mol. The van der Waals surface area contributed by atoms with Gasteiger partial charge in [-0.15, -0.1) is 69.6 Å². The zero-order valence-electron chi connectivity index (χ0n) is 75.7. The number of aromatic amines is 6. The molecule has 6 aliphatic rings. The molecule has 3 atom stereocenters. The number of rotatable bonds is 27. The van der Waals surface area contributed by atoms with E-state index in [1.165, 1.54) is 0 Å². The molecule has 0 aromatic carbocycles. The maximum absolute atomic E-state index is 11.5. The van der Waals surface area contributed by atoms with Gasteiger partial charge < -0.3 is 89.3 Å². The number of aromatic nitrogens is 12. The fourth-order valence-corrected chi connectivity index (χ4v) is 19.2. The van der Waals surface area contributed by atoms with Crippen LogP contribution in [0.5, 0.6) is 0 Å². The summed E-state index contributed by atoms with van der Waals surface area (Å²) in [6, 6.07) is 23.0. The largest absolute Gasteiger partial charge is 3.00 e. The Labute approximate surface area is 825 Å². The summed E-state index contributed by atoms with van der Waals surface area (Å²) in [5, 5.41) is 67.3. The van der Waals surface area contributed by atoms with Crippen LogP contribution < -0.4 is 30.6 Å². The Morgan fingerprint density at radius 2 is 0.455 bits per heavy atom. The number of nitrogens with one attached hydrogen (secondary N) is 6. The van der Waals surface area contributed by atoms with Gasteiger partial charge in [0.2, 0.25) is 0 Å². The number of carbonyl (C=O) groups excluding carboxylic acids is 6.